The highest BCUT2D eigenvalue weighted by Gasteiger charge is 2.12. The number of allylic oxidation sites excluding steroid dienone is 1. The Labute approximate surface area is 164 Å². The normalized spacial score (nSPS) is 13.7. The quantitative estimate of drug-likeness (QED) is 0.639. The van der Waals surface area contributed by atoms with Crippen LogP contribution in [0.1, 0.15) is 32.1 Å². The van der Waals surface area contributed by atoms with E-state index in [1.165, 1.54) is 31.3 Å². The molecule has 0 spiro atoms. The highest BCUT2D eigenvalue weighted by molar-refractivity contribution is 6.32. The van der Waals surface area contributed by atoms with Crippen LogP contribution < -0.4 is 20.1 Å². The summed E-state index contributed by atoms with van der Waals surface area (Å²) in [4.78, 5) is 4.46. The van der Waals surface area contributed by atoms with Gasteiger partial charge in [0.25, 0.3) is 0 Å². The van der Waals surface area contributed by atoms with Gasteiger partial charge in [-0.05, 0) is 32.1 Å². The van der Waals surface area contributed by atoms with Gasteiger partial charge < -0.3 is 20.1 Å². The van der Waals surface area contributed by atoms with Gasteiger partial charge in [0.2, 0.25) is 5.95 Å². The fourth-order valence-electron chi connectivity index (χ4n) is 3.00. The van der Waals surface area contributed by atoms with Gasteiger partial charge >= 0.3 is 0 Å². The van der Waals surface area contributed by atoms with E-state index in [2.05, 4.69) is 31.9 Å². The molecule has 3 rings (SSSR count). The molecule has 0 fully saturated rings. The third-order valence-electron chi connectivity index (χ3n) is 4.42. The number of halogens is 1. The first-order chi connectivity index (χ1) is 13.2. The molecule has 27 heavy (non-hydrogen) atoms. The van der Waals surface area contributed by atoms with E-state index in [4.69, 9.17) is 21.1 Å². The number of hydrogen-bond donors (Lipinski definition) is 2. The average molecular weight is 390 g/mol. The van der Waals surface area contributed by atoms with Crippen LogP contribution >= 0.6 is 11.6 Å². The van der Waals surface area contributed by atoms with Crippen molar-refractivity contribution in [2.24, 2.45) is 0 Å². The molecule has 1 aliphatic rings. The van der Waals surface area contributed by atoms with Gasteiger partial charge in [0, 0.05) is 18.7 Å². The van der Waals surface area contributed by atoms with Crippen molar-refractivity contribution in [1.82, 2.24) is 15.2 Å². The van der Waals surface area contributed by atoms with E-state index in [0.717, 1.165) is 13.0 Å². The number of nitrogens with one attached hydrogen (secondary N) is 2. The first-order valence-corrected chi connectivity index (χ1v) is 9.37. The Morgan fingerprint density at radius 2 is 2.00 bits per heavy atom. The zero-order valence-electron chi connectivity index (χ0n) is 15.6. The van der Waals surface area contributed by atoms with Gasteiger partial charge in [0.15, 0.2) is 5.82 Å². The number of aromatic nitrogens is 3. The Morgan fingerprint density at radius 1 is 1.15 bits per heavy atom. The van der Waals surface area contributed by atoms with Gasteiger partial charge in [0.1, 0.15) is 11.5 Å². The zero-order valence-corrected chi connectivity index (χ0v) is 16.3. The van der Waals surface area contributed by atoms with Gasteiger partial charge in [0.05, 0.1) is 31.1 Å². The summed E-state index contributed by atoms with van der Waals surface area (Å²) in [6.45, 7) is 0.821. The summed E-state index contributed by atoms with van der Waals surface area (Å²) in [6, 6.07) is 3.41. The van der Waals surface area contributed by atoms with Crippen LogP contribution in [0.3, 0.4) is 0 Å². The molecule has 0 atom stereocenters. The summed E-state index contributed by atoms with van der Waals surface area (Å²) in [7, 11) is 3.13. The number of hydrogen-bond acceptors (Lipinski definition) is 7. The van der Waals surface area contributed by atoms with Gasteiger partial charge in [-0.3, -0.25) is 0 Å². The van der Waals surface area contributed by atoms with Crippen molar-refractivity contribution >= 4 is 29.1 Å². The Balaban J connectivity index is 1.66. The summed E-state index contributed by atoms with van der Waals surface area (Å²) in [5.74, 6) is 2.12. The molecule has 1 aliphatic carbocycles. The van der Waals surface area contributed by atoms with E-state index in [9.17, 15) is 0 Å². The smallest absolute Gasteiger partial charge is 0.249 e. The second-order valence-electron chi connectivity index (χ2n) is 6.26. The fourth-order valence-corrected chi connectivity index (χ4v) is 3.23. The number of ether oxygens (including phenoxy) is 2. The molecule has 0 aliphatic heterocycles. The first kappa shape index (κ1) is 19.2. The standard InChI is InChI=1S/C19H24ClN5O2/c1-26-16-11-15(17(27-2)10-14(16)20)23-19-24-18(12-22-25-19)21-9-8-13-6-4-3-5-7-13/h6,10-12H,3-5,7-9H2,1-2H3,(H2,21,23,24,25). The van der Waals surface area contributed by atoms with Crippen LogP contribution in [-0.2, 0) is 0 Å². The highest BCUT2D eigenvalue weighted by Crippen LogP contribution is 2.36. The lowest BCUT2D eigenvalue weighted by Crippen LogP contribution is -2.08. The number of methoxy groups -OCH3 is 2. The fraction of sp³-hybridized carbons (Fsp3) is 0.421. The van der Waals surface area contributed by atoms with E-state index in [1.54, 1.807) is 32.5 Å². The van der Waals surface area contributed by atoms with Crippen LogP contribution in [0.25, 0.3) is 0 Å². The Kier molecular flexibility index (Phi) is 6.70. The van der Waals surface area contributed by atoms with Crippen molar-refractivity contribution < 1.29 is 9.47 Å². The maximum atomic E-state index is 6.14. The molecule has 0 unspecified atom stereocenters. The van der Waals surface area contributed by atoms with Gasteiger partial charge in [-0.25, -0.2) is 0 Å². The molecule has 0 saturated heterocycles. The molecule has 2 aromatic rings. The maximum absolute atomic E-state index is 6.14. The average Bonchev–Trinajstić information content (AvgIpc) is 2.70. The lowest BCUT2D eigenvalue weighted by molar-refractivity contribution is 0.405. The Bertz CT molecular complexity index is 813. The van der Waals surface area contributed by atoms with E-state index in [1.807, 2.05) is 0 Å². The van der Waals surface area contributed by atoms with Crippen LogP contribution in [0.4, 0.5) is 17.5 Å². The third-order valence-corrected chi connectivity index (χ3v) is 4.71. The topological polar surface area (TPSA) is 81.2 Å². The monoisotopic (exact) mass is 389 g/mol. The van der Waals surface area contributed by atoms with Gasteiger partial charge in [-0.1, -0.05) is 23.3 Å². The SMILES string of the molecule is COc1cc(Nc2nncc(NCCC3=CCCCC3)n2)c(OC)cc1Cl. The minimum atomic E-state index is 0.361. The number of benzene rings is 1. The number of nitrogens with zero attached hydrogens (tertiary/aromatic N) is 3. The predicted molar refractivity (Wildman–Crippen MR) is 107 cm³/mol. The zero-order chi connectivity index (χ0) is 19.1. The lowest BCUT2D eigenvalue weighted by Gasteiger charge is -2.14. The molecule has 8 heteroatoms. The Morgan fingerprint density at radius 3 is 2.74 bits per heavy atom. The summed E-state index contributed by atoms with van der Waals surface area (Å²) >= 11 is 6.14. The molecule has 1 aromatic carbocycles. The maximum Gasteiger partial charge on any atom is 0.249 e. The molecule has 1 aromatic heterocycles. The molecule has 2 N–H and O–H groups in total. The van der Waals surface area contributed by atoms with E-state index in [-0.39, 0.29) is 0 Å². The van der Waals surface area contributed by atoms with Crippen LogP contribution in [0.15, 0.2) is 30.0 Å². The summed E-state index contributed by atoms with van der Waals surface area (Å²) in [5, 5.41) is 14.9. The second kappa shape index (κ2) is 9.41. The van der Waals surface area contributed by atoms with Crippen molar-refractivity contribution in [3.05, 3.63) is 35.0 Å². The molecule has 1 heterocycles. The van der Waals surface area contributed by atoms with Crippen molar-refractivity contribution in [3.8, 4) is 11.5 Å². The number of anilines is 3. The molecular weight excluding hydrogens is 366 g/mol. The largest absolute Gasteiger partial charge is 0.495 e. The third kappa shape index (κ3) is 5.23. The molecule has 144 valence electrons. The molecule has 0 saturated carbocycles. The van der Waals surface area contributed by atoms with E-state index >= 15 is 0 Å². The van der Waals surface area contributed by atoms with Crippen LogP contribution in [0.2, 0.25) is 5.02 Å². The predicted octanol–water partition coefficient (Wildman–Crippen LogP) is 4.59. The van der Waals surface area contributed by atoms with Crippen LogP contribution in [0, 0.1) is 0 Å². The van der Waals surface area contributed by atoms with Crippen molar-refractivity contribution in [2.45, 2.75) is 32.1 Å². The summed E-state index contributed by atoms with van der Waals surface area (Å²) in [5.41, 5.74) is 2.16. The second-order valence-corrected chi connectivity index (χ2v) is 6.67. The summed E-state index contributed by atoms with van der Waals surface area (Å²) < 4.78 is 10.6. The Hall–Kier alpha value is -2.54. The number of rotatable bonds is 8. The van der Waals surface area contributed by atoms with E-state index < -0.39 is 0 Å². The lowest BCUT2D eigenvalue weighted by atomic mass is 9.97. The summed E-state index contributed by atoms with van der Waals surface area (Å²) in [6.07, 6.45) is 9.99. The van der Waals surface area contributed by atoms with Crippen molar-refractivity contribution in [2.75, 3.05) is 31.4 Å². The van der Waals surface area contributed by atoms with Crippen molar-refractivity contribution in [1.29, 1.82) is 0 Å². The first-order valence-electron chi connectivity index (χ1n) is 8.99. The minimum Gasteiger partial charge on any atom is -0.495 e. The van der Waals surface area contributed by atoms with Crippen LogP contribution in [-0.4, -0.2) is 35.9 Å². The van der Waals surface area contributed by atoms with E-state index in [0.29, 0.717) is 34.0 Å². The molecule has 0 amide bonds. The molecule has 0 bridgehead atoms. The van der Waals surface area contributed by atoms with Crippen LogP contribution in [0.5, 0.6) is 11.5 Å². The molecule has 7 nitrogen and oxygen atoms in total. The molecule has 0 radical (unpaired) electrons. The molecular formula is C19H24ClN5O2. The van der Waals surface area contributed by atoms with Gasteiger partial charge in [-0.2, -0.15) is 10.1 Å². The van der Waals surface area contributed by atoms with Gasteiger partial charge in [-0.15, -0.1) is 5.10 Å². The minimum absolute atomic E-state index is 0.361. The van der Waals surface area contributed by atoms with Crippen molar-refractivity contribution in [3.63, 3.8) is 0 Å². The highest BCUT2D eigenvalue weighted by atomic mass is 35.5.